The summed E-state index contributed by atoms with van der Waals surface area (Å²) in [7, 11) is 3.10. The van der Waals surface area contributed by atoms with Gasteiger partial charge in [0.1, 0.15) is 17.2 Å². The monoisotopic (exact) mass is 385 g/mol. The van der Waals surface area contributed by atoms with Crippen LogP contribution in [0.3, 0.4) is 0 Å². The highest BCUT2D eigenvalue weighted by Gasteiger charge is 2.28. The van der Waals surface area contributed by atoms with Crippen molar-refractivity contribution in [2.45, 2.75) is 12.8 Å². The van der Waals surface area contributed by atoms with E-state index < -0.39 is 0 Å². The van der Waals surface area contributed by atoms with E-state index in [9.17, 15) is 14.9 Å². The summed E-state index contributed by atoms with van der Waals surface area (Å²) >= 11 is 0. The number of nitro benzene ring substituents is 1. The third-order valence-corrected chi connectivity index (χ3v) is 4.95. The number of piperidine rings is 1. The Morgan fingerprint density at radius 1 is 1.14 bits per heavy atom. The van der Waals surface area contributed by atoms with Gasteiger partial charge in [-0.25, -0.2) is 0 Å². The molecule has 0 bridgehead atoms. The fourth-order valence-corrected chi connectivity index (χ4v) is 3.41. The second-order valence-electron chi connectivity index (χ2n) is 6.56. The molecular formula is C20H23N3O5. The normalized spacial score (nSPS) is 14.4. The first kappa shape index (κ1) is 19.5. The van der Waals surface area contributed by atoms with E-state index in [1.54, 1.807) is 43.5 Å². The van der Waals surface area contributed by atoms with Crippen molar-refractivity contribution in [2.24, 2.45) is 5.92 Å². The number of nitrogens with zero attached hydrogens (tertiary/aromatic N) is 2. The van der Waals surface area contributed by atoms with Crippen molar-refractivity contribution < 1.29 is 19.2 Å². The molecule has 0 spiro atoms. The Morgan fingerprint density at radius 3 is 2.50 bits per heavy atom. The van der Waals surface area contributed by atoms with Gasteiger partial charge in [0.15, 0.2) is 0 Å². The Morgan fingerprint density at radius 2 is 1.86 bits per heavy atom. The van der Waals surface area contributed by atoms with Crippen LogP contribution < -0.4 is 19.7 Å². The lowest BCUT2D eigenvalue weighted by molar-refractivity contribution is -0.384. The maximum absolute atomic E-state index is 12.7. The first-order valence-corrected chi connectivity index (χ1v) is 9.04. The summed E-state index contributed by atoms with van der Waals surface area (Å²) in [4.78, 5) is 25.5. The number of hydrogen-bond acceptors (Lipinski definition) is 6. The van der Waals surface area contributed by atoms with Crippen LogP contribution in [0.1, 0.15) is 12.8 Å². The molecule has 148 valence electrons. The summed E-state index contributed by atoms with van der Waals surface area (Å²) in [6, 6.07) is 11.9. The lowest BCUT2D eigenvalue weighted by Crippen LogP contribution is -2.38. The zero-order valence-corrected chi connectivity index (χ0v) is 15.9. The van der Waals surface area contributed by atoms with Crippen LogP contribution in [0, 0.1) is 16.0 Å². The summed E-state index contributed by atoms with van der Waals surface area (Å²) in [5.74, 6) is 0.939. The number of rotatable bonds is 6. The number of ether oxygens (including phenoxy) is 2. The van der Waals surface area contributed by atoms with E-state index in [1.165, 1.54) is 13.2 Å². The van der Waals surface area contributed by atoms with E-state index in [-0.39, 0.29) is 22.4 Å². The van der Waals surface area contributed by atoms with Gasteiger partial charge in [0.2, 0.25) is 5.91 Å². The van der Waals surface area contributed by atoms with Crippen LogP contribution >= 0.6 is 0 Å². The van der Waals surface area contributed by atoms with E-state index in [0.29, 0.717) is 48.8 Å². The van der Waals surface area contributed by atoms with Crippen LogP contribution in [0.4, 0.5) is 17.1 Å². The fourth-order valence-electron chi connectivity index (χ4n) is 3.41. The molecule has 0 radical (unpaired) electrons. The van der Waals surface area contributed by atoms with Gasteiger partial charge in [-0.3, -0.25) is 14.9 Å². The molecule has 8 heteroatoms. The smallest absolute Gasteiger partial charge is 0.292 e. The lowest BCUT2D eigenvalue weighted by Gasteiger charge is -2.32. The van der Waals surface area contributed by atoms with Crippen LogP contribution in [0.2, 0.25) is 0 Å². The molecule has 3 rings (SSSR count). The zero-order valence-electron chi connectivity index (χ0n) is 15.9. The second kappa shape index (κ2) is 8.60. The van der Waals surface area contributed by atoms with Gasteiger partial charge in [-0.2, -0.15) is 0 Å². The quantitative estimate of drug-likeness (QED) is 0.604. The number of benzene rings is 2. The molecule has 1 N–H and O–H groups in total. The van der Waals surface area contributed by atoms with Gasteiger partial charge < -0.3 is 19.7 Å². The van der Waals surface area contributed by atoms with Crippen LogP contribution in [0.25, 0.3) is 0 Å². The summed E-state index contributed by atoms with van der Waals surface area (Å²) in [5, 5.41) is 14.2. The maximum Gasteiger partial charge on any atom is 0.292 e. The van der Waals surface area contributed by atoms with Crippen molar-refractivity contribution >= 4 is 23.0 Å². The van der Waals surface area contributed by atoms with Gasteiger partial charge >= 0.3 is 0 Å². The average Bonchev–Trinajstić information content (AvgIpc) is 2.74. The number of methoxy groups -OCH3 is 2. The molecule has 2 aromatic carbocycles. The molecule has 28 heavy (non-hydrogen) atoms. The molecule has 0 saturated carbocycles. The predicted octanol–water partition coefficient (Wildman–Crippen LogP) is 3.47. The van der Waals surface area contributed by atoms with E-state index in [4.69, 9.17) is 9.47 Å². The Kier molecular flexibility index (Phi) is 5.98. The summed E-state index contributed by atoms with van der Waals surface area (Å²) < 4.78 is 10.5. The minimum atomic E-state index is -0.371. The van der Waals surface area contributed by atoms with Gasteiger partial charge in [-0.05, 0) is 31.0 Å². The van der Waals surface area contributed by atoms with Crippen molar-refractivity contribution in [1.82, 2.24) is 0 Å². The van der Waals surface area contributed by atoms with Gasteiger partial charge in [0.25, 0.3) is 5.69 Å². The van der Waals surface area contributed by atoms with Gasteiger partial charge in [-0.1, -0.05) is 12.1 Å². The Bertz CT molecular complexity index is 863. The van der Waals surface area contributed by atoms with E-state index >= 15 is 0 Å². The minimum Gasteiger partial charge on any atom is -0.497 e. The number of nitrogens with one attached hydrogen (secondary N) is 1. The molecule has 1 heterocycles. The molecule has 1 aliphatic rings. The number of anilines is 2. The van der Waals surface area contributed by atoms with Gasteiger partial charge in [-0.15, -0.1) is 0 Å². The molecule has 1 fully saturated rings. The molecule has 0 aromatic heterocycles. The molecule has 1 saturated heterocycles. The summed E-state index contributed by atoms with van der Waals surface area (Å²) in [5.41, 5.74) is 1.28. The van der Waals surface area contributed by atoms with E-state index in [0.717, 1.165) is 0 Å². The van der Waals surface area contributed by atoms with Crippen LogP contribution in [0.15, 0.2) is 42.5 Å². The number of para-hydroxylation sites is 2. The third kappa shape index (κ3) is 4.16. The molecule has 1 amide bonds. The number of carbonyl (C=O) groups excluding carboxylic acids is 1. The topological polar surface area (TPSA) is 93.9 Å². The maximum atomic E-state index is 12.7. The average molecular weight is 385 g/mol. The van der Waals surface area contributed by atoms with Crippen molar-refractivity contribution in [3.05, 3.63) is 52.6 Å². The molecule has 1 aliphatic heterocycles. The first-order valence-electron chi connectivity index (χ1n) is 9.04. The van der Waals surface area contributed by atoms with Crippen molar-refractivity contribution in [2.75, 3.05) is 37.5 Å². The molecule has 0 unspecified atom stereocenters. The SMILES string of the molecule is COc1ccc(NC(=O)C2CCN(c3ccccc3[N+](=O)[O-])CC2)c(OC)c1. The summed E-state index contributed by atoms with van der Waals surface area (Å²) in [6.45, 7) is 1.17. The lowest BCUT2D eigenvalue weighted by atomic mass is 9.95. The van der Waals surface area contributed by atoms with Crippen LogP contribution in [-0.4, -0.2) is 38.1 Å². The van der Waals surface area contributed by atoms with Crippen molar-refractivity contribution in [3.8, 4) is 11.5 Å². The molecule has 0 atom stereocenters. The van der Waals surface area contributed by atoms with Crippen molar-refractivity contribution in [3.63, 3.8) is 0 Å². The Hall–Kier alpha value is -3.29. The molecular weight excluding hydrogens is 362 g/mol. The second-order valence-corrected chi connectivity index (χ2v) is 6.56. The van der Waals surface area contributed by atoms with Gasteiger partial charge in [0, 0.05) is 31.1 Å². The summed E-state index contributed by atoms with van der Waals surface area (Å²) in [6.07, 6.45) is 1.24. The fraction of sp³-hybridized carbons (Fsp3) is 0.350. The molecule has 2 aromatic rings. The largest absolute Gasteiger partial charge is 0.497 e. The number of carbonyl (C=O) groups is 1. The molecule has 0 aliphatic carbocycles. The zero-order chi connectivity index (χ0) is 20.1. The number of nitro groups is 1. The number of hydrogen-bond donors (Lipinski definition) is 1. The van der Waals surface area contributed by atoms with Crippen molar-refractivity contribution in [1.29, 1.82) is 0 Å². The minimum absolute atomic E-state index is 0.0781. The predicted molar refractivity (Wildman–Crippen MR) is 106 cm³/mol. The Labute approximate surface area is 163 Å². The third-order valence-electron chi connectivity index (χ3n) is 4.95. The van der Waals surface area contributed by atoms with Crippen LogP contribution in [0.5, 0.6) is 11.5 Å². The van der Waals surface area contributed by atoms with E-state index in [1.807, 2.05) is 4.90 Å². The first-order chi connectivity index (χ1) is 13.5. The van der Waals surface area contributed by atoms with Gasteiger partial charge in [0.05, 0.1) is 24.8 Å². The highest BCUT2D eigenvalue weighted by molar-refractivity contribution is 5.94. The molecule has 8 nitrogen and oxygen atoms in total. The standard InChI is InChI=1S/C20H23N3O5/c1-27-15-7-8-16(19(13-15)28-2)21-20(24)14-9-11-22(12-10-14)17-5-3-4-6-18(17)23(25)26/h3-8,13-14H,9-12H2,1-2H3,(H,21,24). The van der Waals surface area contributed by atoms with Crippen LogP contribution in [-0.2, 0) is 4.79 Å². The number of amides is 1. The Balaban J connectivity index is 1.64. The van der Waals surface area contributed by atoms with E-state index in [2.05, 4.69) is 5.32 Å². The highest BCUT2D eigenvalue weighted by atomic mass is 16.6. The highest BCUT2D eigenvalue weighted by Crippen LogP contribution is 2.33.